The number of carboxylic acid groups (broad SMARTS) is 1. The van der Waals surface area contributed by atoms with Crippen LogP contribution in [0, 0.1) is 6.92 Å². The lowest BCUT2D eigenvalue weighted by molar-refractivity contribution is -0.137. The van der Waals surface area contributed by atoms with Crippen LogP contribution < -0.4 is 5.32 Å². The quantitative estimate of drug-likeness (QED) is 0.850. The topological polar surface area (TPSA) is 62.2 Å². The van der Waals surface area contributed by atoms with Crippen LogP contribution in [0.1, 0.15) is 12.5 Å². The van der Waals surface area contributed by atoms with Crippen LogP contribution in [0.5, 0.6) is 0 Å². The standard InChI is InChI=1S/C13H14N2O2/c1-8-7-10-5-3-4-6-11(10)15-12(8)14-9(2)13(16)17/h3-7,9H,1-2H3,(H,14,15)(H,16,17). The molecule has 88 valence electrons. The van der Waals surface area contributed by atoms with Crippen LogP contribution in [0.25, 0.3) is 10.9 Å². The summed E-state index contributed by atoms with van der Waals surface area (Å²) in [5.74, 6) is -0.266. The van der Waals surface area contributed by atoms with Crippen LogP contribution in [0.15, 0.2) is 30.3 Å². The maximum absolute atomic E-state index is 10.8. The molecule has 1 unspecified atom stereocenters. The van der Waals surface area contributed by atoms with Crippen molar-refractivity contribution in [3.63, 3.8) is 0 Å². The largest absolute Gasteiger partial charge is 0.480 e. The summed E-state index contributed by atoms with van der Waals surface area (Å²) in [7, 11) is 0. The number of benzene rings is 1. The molecule has 0 aliphatic carbocycles. The minimum atomic E-state index is -0.889. The van der Waals surface area contributed by atoms with Gasteiger partial charge < -0.3 is 10.4 Å². The second-order valence-electron chi connectivity index (χ2n) is 4.05. The molecule has 2 aromatic rings. The molecule has 0 saturated carbocycles. The Balaban J connectivity index is 2.40. The number of nitrogens with zero attached hydrogens (tertiary/aromatic N) is 1. The van der Waals surface area contributed by atoms with E-state index in [0.717, 1.165) is 16.5 Å². The summed E-state index contributed by atoms with van der Waals surface area (Å²) in [6, 6.07) is 9.11. The first-order chi connectivity index (χ1) is 8.08. The maximum Gasteiger partial charge on any atom is 0.325 e. The third kappa shape index (κ3) is 2.36. The zero-order valence-electron chi connectivity index (χ0n) is 9.77. The number of pyridine rings is 1. The number of para-hydroxylation sites is 1. The molecule has 1 atom stereocenters. The Labute approximate surface area is 99.3 Å². The van der Waals surface area contributed by atoms with Crippen molar-refractivity contribution >= 4 is 22.7 Å². The van der Waals surface area contributed by atoms with Crippen molar-refractivity contribution in [2.45, 2.75) is 19.9 Å². The average molecular weight is 230 g/mol. The normalized spacial score (nSPS) is 12.4. The molecule has 0 radical (unpaired) electrons. The number of nitrogens with one attached hydrogen (secondary N) is 1. The third-order valence-electron chi connectivity index (χ3n) is 2.64. The maximum atomic E-state index is 10.8. The van der Waals surface area contributed by atoms with E-state index in [1.165, 1.54) is 0 Å². The number of hydrogen-bond donors (Lipinski definition) is 2. The summed E-state index contributed by atoms with van der Waals surface area (Å²) in [6.45, 7) is 3.51. The number of fused-ring (bicyclic) bond motifs is 1. The van der Waals surface area contributed by atoms with E-state index in [-0.39, 0.29) is 0 Å². The summed E-state index contributed by atoms with van der Waals surface area (Å²) in [4.78, 5) is 15.2. The van der Waals surface area contributed by atoms with Crippen LogP contribution in [-0.4, -0.2) is 22.1 Å². The number of aliphatic carboxylic acids is 1. The van der Waals surface area contributed by atoms with Gasteiger partial charge in [0.15, 0.2) is 0 Å². The molecule has 0 fully saturated rings. The third-order valence-corrected chi connectivity index (χ3v) is 2.64. The van der Waals surface area contributed by atoms with Crippen LogP contribution in [0.4, 0.5) is 5.82 Å². The van der Waals surface area contributed by atoms with Gasteiger partial charge in [-0.15, -0.1) is 0 Å². The highest BCUT2D eigenvalue weighted by molar-refractivity contribution is 5.83. The van der Waals surface area contributed by atoms with Gasteiger partial charge in [-0.25, -0.2) is 4.98 Å². The van der Waals surface area contributed by atoms with Gasteiger partial charge in [0.05, 0.1) is 5.52 Å². The molecule has 0 bridgehead atoms. The Kier molecular flexibility index (Phi) is 2.95. The van der Waals surface area contributed by atoms with Crippen molar-refractivity contribution in [1.29, 1.82) is 0 Å². The number of carboxylic acids is 1. The Morgan fingerprint density at radius 2 is 2.12 bits per heavy atom. The van der Waals surface area contributed by atoms with Crippen molar-refractivity contribution in [1.82, 2.24) is 4.98 Å². The molecule has 0 spiro atoms. The first-order valence-corrected chi connectivity index (χ1v) is 5.43. The Morgan fingerprint density at radius 3 is 2.82 bits per heavy atom. The molecule has 0 aliphatic heterocycles. The lowest BCUT2D eigenvalue weighted by atomic mass is 10.1. The number of carbonyl (C=O) groups is 1. The van der Waals surface area contributed by atoms with Crippen molar-refractivity contribution in [3.05, 3.63) is 35.9 Å². The molecule has 0 amide bonds. The minimum Gasteiger partial charge on any atom is -0.480 e. The average Bonchev–Trinajstić information content (AvgIpc) is 2.29. The summed E-state index contributed by atoms with van der Waals surface area (Å²) in [5.41, 5.74) is 1.80. The van der Waals surface area contributed by atoms with Gasteiger partial charge in [-0.3, -0.25) is 4.79 Å². The summed E-state index contributed by atoms with van der Waals surface area (Å²) in [5, 5.41) is 12.8. The Bertz CT molecular complexity index is 566. The number of aromatic nitrogens is 1. The lowest BCUT2D eigenvalue weighted by Gasteiger charge is -2.13. The second kappa shape index (κ2) is 4.41. The first-order valence-electron chi connectivity index (χ1n) is 5.43. The zero-order chi connectivity index (χ0) is 12.4. The second-order valence-corrected chi connectivity index (χ2v) is 4.05. The van der Waals surface area contributed by atoms with Crippen LogP contribution >= 0.6 is 0 Å². The molecule has 4 nitrogen and oxygen atoms in total. The number of anilines is 1. The highest BCUT2D eigenvalue weighted by atomic mass is 16.4. The molecular formula is C13H14N2O2. The van der Waals surface area contributed by atoms with Gasteiger partial charge in [-0.05, 0) is 31.5 Å². The van der Waals surface area contributed by atoms with Gasteiger partial charge >= 0.3 is 5.97 Å². The highest BCUT2D eigenvalue weighted by Crippen LogP contribution is 2.19. The van der Waals surface area contributed by atoms with Crippen molar-refractivity contribution in [3.8, 4) is 0 Å². The fourth-order valence-electron chi connectivity index (χ4n) is 1.63. The SMILES string of the molecule is Cc1cc2ccccc2nc1NC(C)C(=O)O. The first kappa shape index (κ1) is 11.4. The zero-order valence-corrected chi connectivity index (χ0v) is 9.77. The van der Waals surface area contributed by atoms with Crippen molar-refractivity contribution < 1.29 is 9.90 Å². The lowest BCUT2D eigenvalue weighted by Crippen LogP contribution is -2.26. The predicted molar refractivity (Wildman–Crippen MR) is 67.2 cm³/mol. The minimum absolute atomic E-state index is 0.624. The Hall–Kier alpha value is -2.10. The summed E-state index contributed by atoms with van der Waals surface area (Å²) in [6.07, 6.45) is 0. The molecular weight excluding hydrogens is 216 g/mol. The van der Waals surface area contributed by atoms with Crippen LogP contribution in [-0.2, 0) is 4.79 Å². The fourth-order valence-corrected chi connectivity index (χ4v) is 1.63. The van der Waals surface area contributed by atoms with Gasteiger partial charge in [-0.1, -0.05) is 18.2 Å². The van der Waals surface area contributed by atoms with Crippen LogP contribution in [0.3, 0.4) is 0 Å². The van der Waals surface area contributed by atoms with Gasteiger partial charge in [-0.2, -0.15) is 0 Å². The van der Waals surface area contributed by atoms with E-state index in [4.69, 9.17) is 5.11 Å². The van der Waals surface area contributed by atoms with E-state index in [9.17, 15) is 4.79 Å². The fraction of sp³-hybridized carbons (Fsp3) is 0.231. The number of aryl methyl sites for hydroxylation is 1. The van der Waals surface area contributed by atoms with E-state index in [0.29, 0.717) is 5.82 Å². The monoisotopic (exact) mass is 230 g/mol. The van der Waals surface area contributed by atoms with Crippen LogP contribution in [0.2, 0.25) is 0 Å². The van der Waals surface area contributed by atoms with Crippen molar-refractivity contribution in [2.75, 3.05) is 5.32 Å². The van der Waals surface area contributed by atoms with Gasteiger partial charge in [0.1, 0.15) is 11.9 Å². The molecule has 0 saturated heterocycles. The molecule has 4 heteroatoms. The van der Waals surface area contributed by atoms with Gasteiger partial charge in [0, 0.05) is 5.39 Å². The number of rotatable bonds is 3. The molecule has 2 N–H and O–H groups in total. The molecule has 1 aromatic carbocycles. The smallest absolute Gasteiger partial charge is 0.325 e. The van der Waals surface area contributed by atoms with Gasteiger partial charge in [0.2, 0.25) is 0 Å². The van der Waals surface area contributed by atoms with E-state index in [1.54, 1.807) is 6.92 Å². The molecule has 17 heavy (non-hydrogen) atoms. The summed E-state index contributed by atoms with van der Waals surface area (Å²) < 4.78 is 0. The van der Waals surface area contributed by atoms with E-state index in [2.05, 4.69) is 10.3 Å². The molecule has 1 heterocycles. The summed E-state index contributed by atoms with van der Waals surface area (Å²) >= 11 is 0. The van der Waals surface area contributed by atoms with E-state index in [1.807, 2.05) is 37.3 Å². The predicted octanol–water partition coefficient (Wildman–Crippen LogP) is 2.43. The van der Waals surface area contributed by atoms with E-state index >= 15 is 0 Å². The van der Waals surface area contributed by atoms with Gasteiger partial charge in [0.25, 0.3) is 0 Å². The molecule has 1 aromatic heterocycles. The Morgan fingerprint density at radius 1 is 1.41 bits per heavy atom. The molecule has 0 aliphatic rings. The molecule has 2 rings (SSSR count). The van der Waals surface area contributed by atoms with E-state index < -0.39 is 12.0 Å². The van der Waals surface area contributed by atoms with Crippen molar-refractivity contribution in [2.24, 2.45) is 0 Å². The number of hydrogen-bond acceptors (Lipinski definition) is 3. The highest BCUT2D eigenvalue weighted by Gasteiger charge is 2.12.